The van der Waals surface area contributed by atoms with Crippen LogP contribution < -0.4 is 22.1 Å². The number of aliphatic hydroxyl groups is 2. The van der Waals surface area contributed by atoms with Gasteiger partial charge in [0.05, 0.1) is 18.6 Å². The summed E-state index contributed by atoms with van der Waals surface area (Å²) in [5, 5.41) is 31.5. The van der Waals surface area contributed by atoms with E-state index in [1.54, 1.807) is 0 Å². The Bertz CT molecular complexity index is 466. The van der Waals surface area contributed by atoms with E-state index in [1.165, 1.54) is 6.92 Å². The van der Waals surface area contributed by atoms with Crippen LogP contribution in [-0.4, -0.2) is 69.3 Å². The van der Waals surface area contributed by atoms with Crippen molar-refractivity contribution < 1.29 is 34.5 Å². The first-order chi connectivity index (χ1) is 10.5. The topological polar surface area (TPSA) is 205 Å². The van der Waals surface area contributed by atoms with Crippen LogP contribution in [-0.2, 0) is 19.2 Å². The molecule has 0 aliphatic rings. The second kappa shape index (κ2) is 9.02. The molecule has 11 heteroatoms. The number of carboxylic acids is 1. The van der Waals surface area contributed by atoms with Gasteiger partial charge in [0, 0.05) is 0 Å². The fourth-order valence-corrected chi connectivity index (χ4v) is 1.54. The number of carbonyl (C=O) groups excluding carboxylic acids is 3. The van der Waals surface area contributed by atoms with Crippen molar-refractivity contribution in [2.24, 2.45) is 11.5 Å². The summed E-state index contributed by atoms with van der Waals surface area (Å²) in [5.41, 5.74) is 10.4. The van der Waals surface area contributed by atoms with E-state index in [-0.39, 0.29) is 0 Å². The molecule has 0 saturated carbocycles. The molecule has 0 fully saturated rings. The lowest BCUT2D eigenvalue weighted by Crippen LogP contribution is -2.58. The average Bonchev–Trinajstić information content (AvgIpc) is 2.41. The first kappa shape index (κ1) is 20.8. The van der Waals surface area contributed by atoms with E-state index in [0.717, 1.165) is 6.92 Å². The van der Waals surface area contributed by atoms with Gasteiger partial charge in [0.2, 0.25) is 17.7 Å². The lowest BCUT2D eigenvalue weighted by Gasteiger charge is -2.23. The highest BCUT2D eigenvalue weighted by molar-refractivity contribution is 5.94. The standard InChI is InChI=1S/C12H22N4O7/c1-4(17)8(14)11(21)15-6(3-7(13)19)10(20)16-9(5(2)18)12(22)23/h4-6,8-9,17-18H,3,14H2,1-2H3,(H2,13,19)(H,15,21)(H,16,20)(H,22,23)/t4-,5-,6+,8+,9+/m1/s1. The van der Waals surface area contributed by atoms with Crippen molar-refractivity contribution in [3.05, 3.63) is 0 Å². The number of nitrogens with one attached hydrogen (secondary N) is 2. The van der Waals surface area contributed by atoms with Crippen LogP contribution in [0.5, 0.6) is 0 Å². The lowest BCUT2D eigenvalue weighted by molar-refractivity contribution is -0.145. The van der Waals surface area contributed by atoms with Gasteiger partial charge >= 0.3 is 5.97 Å². The number of hydrogen-bond donors (Lipinski definition) is 7. The molecule has 0 spiro atoms. The van der Waals surface area contributed by atoms with Crippen molar-refractivity contribution in [3.8, 4) is 0 Å². The number of carboxylic acid groups (broad SMARTS) is 1. The minimum Gasteiger partial charge on any atom is -0.480 e. The number of aliphatic carboxylic acids is 1. The Morgan fingerprint density at radius 1 is 1.00 bits per heavy atom. The second-order valence-electron chi connectivity index (χ2n) is 5.06. The van der Waals surface area contributed by atoms with Crippen LogP contribution in [0.1, 0.15) is 20.3 Å². The third-order valence-electron chi connectivity index (χ3n) is 2.91. The second-order valence-corrected chi connectivity index (χ2v) is 5.06. The van der Waals surface area contributed by atoms with Gasteiger partial charge in [0.15, 0.2) is 6.04 Å². The number of amides is 3. The largest absolute Gasteiger partial charge is 0.480 e. The summed E-state index contributed by atoms with van der Waals surface area (Å²) in [4.78, 5) is 45.7. The molecule has 3 amide bonds. The highest BCUT2D eigenvalue weighted by Gasteiger charge is 2.31. The van der Waals surface area contributed by atoms with Gasteiger partial charge in [-0.25, -0.2) is 4.79 Å². The van der Waals surface area contributed by atoms with Crippen molar-refractivity contribution in [1.82, 2.24) is 10.6 Å². The SMILES string of the molecule is C[C@@H](O)[C@H](N)C(=O)N[C@@H](CC(N)=O)C(=O)N[C@H](C(=O)O)[C@@H](C)O. The van der Waals surface area contributed by atoms with E-state index in [4.69, 9.17) is 16.6 Å². The molecule has 132 valence electrons. The third kappa shape index (κ3) is 7.04. The van der Waals surface area contributed by atoms with E-state index >= 15 is 0 Å². The van der Waals surface area contributed by atoms with Gasteiger partial charge in [-0.3, -0.25) is 14.4 Å². The molecule has 23 heavy (non-hydrogen) atoms. The zero-order valence-electron chi connectivity index (χ0n) is 12.7. The summed E-state index contributed by atoms with van der Waals surface area (Å²) in [6.45, 7) is 2.39. The molecule has 0 aliphatic heterocycles. The molecule has 0 saturated heterocycles. The van der Waals surface area contributed by atoms with E-state index < -0.39 is 60.4 Å². The monoisotopic (exact) mass is 334 g/mol. The van der Waals surface area contributed by atoms with E-state index in [2.05, 4.69) is 5.32 Å². The summed E-state index contributed by atoms with van der Waals surface area (Å²) in [7, 11) is 0. The molecular weight excluding hydrogens is 312 g/mol. The minimum atomic E-state index is -1.64. The van der Waals surface area contributed by atoms with Crippen molar-refractivity contribution in [1.29, 1.82) is 0 Å². The smallest absolute Gasteiger partial charge is 0.328 e. The van der Waals surface area contributed by atoms with Gasteiger partial charge < -0.3 is 37.4 Å². The molecule has 0 aromatic carbocycles. The zero-order chi connectivity index (χ0) is 18.3. The summed E-state index contributed by atoms with van der Waals surface area (Å²) < 4.78 is 0. The first-order valence-corrected chi connectivity index (χ1v) is 6.71. The maximum Gasteiger partial charge on any atom is 0.328 e. The van der Waals surface area contributed by atoms with Crippen molar-refractivity contribution in [2.45, 2.75) is 50.6 Å². The Kier molecular flexibility index (Phi) is 8.15. The van der Waals surface area contributed by atoms with E-state index in [9.17, 15) is 29.4 Å². The van der Waals surface area contributed by atoms with Crippen molar-refractivity contribution in [2.75, 3.05) is 0 Å². The molecule has 0 radical (unpaired) electrons. The molecule has 9 N–H and O–H groups in total. The maximum atomic E-state index is 12.0. The summed E-state index contributed by atoms with van der Waals surface area (Å²) >= 11 is 0. The molecular formula is C12H22N4O7. The number of hydrogen-bond acceptors (Lipinski definition) is 7. The fraction of sp³-hybridized carbons (Fsp3) is 0.667. The fourth-order valence-electron chi connectivity index (χ4n) is 1.54. The molecule has 0 aliphatic carbocycles. The predicted octanol–water partition coefficient (Wildman–Crippen LogP) is -4.00. The molecule has 0 aromatic heterocycles. The Morgan fingerprint density at radius 3 is 1.87 bits per heavy atom. The number of aliphatic hydroxyl groups excluding tert-OH is 2. The first-order valence-electron chi connectivity index (χ1n) is 6.71. The number of carbonyl (C=O) groups is 4. The molecule has 5 atom stereocenters. The van der Waals surface area contributed by atoms with Crippen LogP contribution in [0, 0.1) is 0 Å². The average molecular weight is 334 g/mol. The van der Waals surface area contributed by atoms with Gasteiger partial charge in [0.25, 0.3) is 0 Å². The van der Waals surface area contributed by atoms with Crippen molar-refractivity contribution in [3.63, 3.8) is 0 Å². The molecule has 0 bridgehead atoms. The molecule has 11 nitrogen and oxygen atoms in total. The Hall–Kier alpha value is -2.24. The zero-order valence-corrected chi connectivity index (χ0v) is 12.7. The predicted molar refractivity (Wildman–Crippen MR) is 76.6 cm³/mol. The summed E-state index contributed by atoms with van der Waals surface area (Å²) in [6, 6.07) is -4.49. The number of rotatable bonds is 9. The lowest BCUT2D eigenvalue weighted by atomic mass is 10.1. The van der Waals surface area contributed by atoms with Crippen LogP contribution in [0.15, 0.2) is 0 Å². The highest BCUT2D eigenvalue weighted by Crippen LogP contribution is 1.99. The van der Waals surface area contributed by atoms with Crippen LogP contribution in [0.4, 0.5) is 0 Å². The third-order valence-corrected chi connectivity index (χ3v) is 2.91. The van der Waals surface area contributed by atoms with Gasteiger partial charge in [-0.15, -0.1) is 0 Å². The highest BCUT2D eigenvalue weighted by atomic mass is 16.4. The van der Waals surface area contributed by atoms with Crippen LogP contribution in [0.3, 0.4) is 0 Å². The molecule has 0 unspecified atom stereocenters. The normalized spacial score (nSPS) is 17.3. The molecule has 0 rings (SSSR count). The molecule has 0 aromatic rings. The number of nitrogens with two attached hydrogens (primary N) is 2. The Balaban J connectivity index is 5.09. The van der Waals surface area contributed by atoms with E-state index in [0.29, 0.717) is 0 Å². The summed E-state index contributed by atoms with van der Waals surface area (Å²) in [5.74, 6) is -4.40. The van der Waals surface area contributed by atoms with Gasteiger partial charge in [-0.05, 0) is 13.8 Å². The maximum absolute atomic E-state index is 12.0. The van der Waals surface area contributed by atoms with Crippen LogP contribution >= 0.6 is 0 Å². The summed E-state index contributed by atoms with van der Waals surface area (Å²) in [6.07, 6.45) is -3.24. The quantitative estimate of drug-likeness (QED) is 0.221. The van der Waals surface area contributed by atoms with Crippen molar-refractivity contribution >= 4 is 23.7 Å². The van der Waals surface area contributed by atoms with Gasteiger partial charge in [-0.1, -0.05) is 0 Å². The van der Waals surface area contributed by atoms with Gasteiger partial charge in [-0.2, -0.15) is 0 Å². The molecule has 0 heterocycles. The Morgan fingerprint density at radius 2 is 1.52 bits per heavy atom. The van der Waals surface area contributed by atoms with Gasteiger partial charge in [0.1, 0.15) is 12.1 Å². The van der Waals surface area contributed by atoms with E-state index in [1.807, 2.05) is 5.32 Å². The van der Waals surface area contributed by atoms with Crippen LogP contribution in [0.2, 0.25) is 0 Å². The van der Waals surface area contributed by atoms with Crippen LogP contribution in [0.25, 0.3) is 0 Å². The Labute approximate surface area is 132 Å². The number of primary amides is 1. The minimum absolute atomic E-state index is 0.615.